The van der Waals surface area contributed by atoms with Gasteiger partial charge in [-0.3, -0.25) is 14.6 Å². The van der Waals surface area contributed by atoms with Crippen LogP contribution in [0.2, 0.25) is 0 Å². The van der Waals surface area contributed by atoms with E-state index in [9.17, 15) is 9.90 Å². The number of aliphatic hydroxyl groups excluding tert-OH is 1. The maximum atomic E-state index is 13.6. The molecule has 31 heavy (non-hydrogen) atoms. The zero-order chi connectivity index (χ0) is 21.5. The van der Waals surface area contributed by atoms with Crippen LogP contribution in [0.5, 0.6) is 0 Å². The molecule has 0 bridgehead atoms. The summed E-state index contributed by atoms with van der Waals surface area (Å²) in [5.74, 6) is 0.0950. The Morgan fingerprint density at radius 3 is 2.74 bits per heavy atom. The van der Waals surface area contributed by atoms with Gasteiger partial charge in [-0.2, -0.15) is 10.2 Å². The Balaban J connectivity index is 1.56. The van der Waals surface area contributed by atoms with E-state index in [0.717, 1.165) is 38.9 Å². The Kier molecular flexibility index (Phi) is 4.79. The van der Waals surface area contributed by atoms with Crippen molar-refractivity contribution in [2.75, 3.05) is 0 Å². The van der Waals surface area contributed by atoms with Crippen molar-refractivity contribution in [1.82, 2.24) is 20.0 Å². The van der Waals surface area contributed by atoms with E-state index in [0.29, 0.717) is 18.5 Å². The lowest BCUT2D eigenvalue weighted by Crippen LogP contribution is -2.28. The largest absolute Gasteiger partial charge is 0.390 e. The van der Waals surface area contributed by atoms with E-state index >= 15 is 0 Å². The molecule has 0 saturated carbocycles. The first-order chi connectivity index (χ1) is 15.0. The number of nitrogens with zero attached hydrogens (tertiary/aromatic N) is 3. The number of hydrogen-bond acceptors (Lipinski definition) is 4. The number of hydrogen-bond donors (Lipinski definition) is 2. The Hall–Kier alpha value is -3.51. The minimum atomic E-state index is -0.296. The van der Waals surface area contributed by atoms with Crippen LogP contribution in [0.4, 0.5) is 0 Å². The lowest BCUT2D eigenvalue weighted by Gasteiger charge is -2.29. The number of nitrogens with one attached hydrogen (secondary N) is 1. The average Bonchev–Trinajstić information content (AvgIpc) is 3.39. The molecule has 2 aromatic carbocycles. The zero-order valence-corrected chi connectivity index (χ0v) is 17.6. The summed E-state index contributed by atoms with van der Waals surface area (Å²) in [5.41, 5.74) is 7.59. The van der Waals surface area contributed by atoms with Crippen LogP contribution in [-0.2, 0) is 24.2 Å². The molecule has 5 rings (SSSR count). The van der Waals surface area contributed by atoms with Crippen molar-refractivity contribution in [1.29, 1.82) is 0 Å². The average molecular weight is 412 g/mol. The van der Waals surface area contributed by atoms with E-state index in [4.69, 9.17) is 0 Å². The fourth-order valence-electron chi connectivity index (χ4n) is 4.48. The molecule has 1 atom stereocenters. The van der Waals surface area contributed by atoms with Crippen LogP contribution in [0, 0.1) is 6.92 Å². The van der Waals surface area contributed by atoms with Crippen molar-refractivity contribution < 1.29 is 9.90 Å². The predicted molar refractivity (Wildman–Crippen MR) is 119 cm³/mol. The number of carbonyl (C=O) groups excluding carboxylic acids is 1. The molecule has 0 fully saturated rings. The smallest absolute Gasteiger partial charge is 0.165 e. The van der Waals surface area contributed by atoms with Gasteiger partial charge in [0, 0.05) is 29.5 Å². The summed E-state index contributed by atoms with van der Waals surface area (Å²) in [5, 5.41) is 22.3. The monoisotopic (exact) mass is 412 g/mol. The summed E-state index contributed by atoms with van der Waals surface area (Å²) in [6, 6.07) is 15.8. The molecular weight excluding hydrogens is 388 g/mol. The second-order valence-electron chi connectivity index (χ2n) is 8.31. The first kappa shape index (κ1) is 19.5. The molecule has 0 saturated heterocycles. The number of aromatic amines is 1. The Bertz CT molecular complexity index is 1310. The quantitative estimate of drug-likeness (QED) is 0.522. The summed E-state index contributed by atoms with van der Waals surface area (Å²) in [6.45, 7) is 3.96. The number of rotatable bonds is 5. The molecule has 1 unspecified atom stereocenters. The number of H-pyrrole nitrogens is 1. The van der Waals surface area contributed by atoms with Gasteiger partial charge in [-0.1, -0.05) is 41.5 Å². The number of fused-ring (bicyclic) bond motifs is 2. The number of ketones is 1. The molecule has 0 aliphatic carbocycles. The summed E-state index contributed by atoms with van der Waals surface area (Å²) >= 11 is 0. The molecule has 0 radical (unpaired) electrons. The highest BCUT2D eigenvalue weighted by molar-refractivity contribution is 5.99. The van der Waals surface area contributed by atoms with Crippen molar-refractivity contribution in [3.05, 3.63) is 94.0 Å². The van der Waals surface area contributed by atoms with Gasteiger partial charge >= 0.3 is 0 Å². The number of Topliss-reactive ketones (excluding diaryl/α,β-unsaturated/α-hetero) is 1. The molecule has 156 valence electrons. The first-order valence-corrected chi connectivity index (χ1v) is 10.4. The number of aromatic nitrogens is 4. The molecule has 1 aliphatic rings. The van der Waals surface area contributed by atoms with E-state index < -0.39 is 0 Å². The highest BCUT2D eigenvalue weighted by Gasteiger charge is 2.32. The molecule has 6 nitrogen and oxygen atoms in total. The normalized spacial score (nSPS) is 16.0. The van der Waals surface area contributed by atoms with Crippen molar-refractivity contribution in [3.8, 4) is 0 Å². The van der Waals surface area contributed by atoms with Gasteiger partial charge in [0.2, 0.25) is 0 Å². The van der Waals surface area contributed by atoms with Gasteiger partial charge in [0.15, 0.2) is 5.78 Å². The lowest BCUT2D eigenvalue weighted by atomic mass is 9.85. The van der Waals surface area contributed by atoms with Gasteiger partial charge in [-0.15, -0.1) is 0 Å². The third-order valence-electron chi connectivity index (χ3n) is 6.01. The first-order valence-electron chi connectivity index (χ1n) is 10.4. The van der Waals surface area contributed by atoms with Gasteiger partial charge < -0.3 is 5.11 Å². The van der Waals surface area contributed by atoms with Crippen molar-refractivity contribution in [2.45, 2.75) is 39.3 Å². The van der Waals surface area contributed by atoms with Crippen LogP contribution < -0.4 is 0 Å². The highest BCUT2D eigenvalue weighted by atomic mass is 16.3. The fraction of sp³-hybridized carbons (Fsp3) is 0.240. The van der Waals surface area contributed by atoms with E-state index in [1.807, 2.05) is 42.8 Å². The van der Waals surface area contributed by atoms with Crippen molar-refractivity contribution in [2.24, 2.45) is 0 Å². The summed E-state index contributed by atoms with van der Waals surface area (Å²) in [7, 11) is 0. The molecule has 1 aliphatic heterocycles. The number of allylic oxidation sites excluding steroid dienone is 2. The van der Waals surface area contributed by atoms with Crippen molar-refractivity contribution in [3.63, 3.8) is 0 Å². The number of carbonyl (C=O) groups is 1. The van der Waals surface area contributed by atoms with E-state index in [2.05, 4.69) is 39.6 Å². The van der Waals surface area contributed by atoms with Gasteiger partial charge in [0.1, 0.15) is 6.04 Å². The van der Waals surface area contributed by atoms with E-state index in [1.54, 1.807) is 6.20 Å². The topological polar surface area (TPSA) is 83.8 Å². The van der Waals surface area contributed by atoms with Gasteiger partial charge in [-0.05, 0) is 43.2 Å². The second-order valence-corrected chi connectivity index (χ2v) is 8.31. The zero-order valence-electron chi connectivity index (χ0n) is 17.6. The van der Waals surface area contributed by atoms with Crippen LogP contribution >= 0.6 is 0 Å². The second kappa shape index (κ2) is 7.63. The summed E-state index contributed by atoms with van der Waals surface area (Å²) in [4.78, 5) is 13.6. The third-order valence-corrected chi connectivity index (χ3v) is 6.01. The SMILES string of the molecule is CC1=C(C(=O)Cc2ccc3[nH]ncc3c2)C(c2ccc(C)cc2)n2nc(CO)cc2C1. The minimum Gasteiger partial charge on any atom is -0.390 e. The standard InChI is InChI=1S/C25H24N4O2/c1-15-3-6-18(7-4-15)25-24(16(2)9-21-12-20(14-30)28-29(21)25)23(31)11-17-5-8-22-19(10-17)13-26-27-22/h3-8,10,12-13,25,30H,9,11,14H2,1-2H3,(H,26,27). The summed E-state index contributed by atoms with van der Waals surface area (Å²) in [6.07, 6.45) is 2.74. The van der Waals surface area contributed by atoms with Gasteiger partial charge in [-0.25, -0.2) is 0 Å². The molecule has 4 aromatic rings. The maximum Gasteiger partial charge on any atom is 0.165 e. The van der Waals surface area contributed by atoms with E-state index in [1.165, 1.54) is 5.56 Å². The van der Waals surface area contributed by atoms with E-state index in [-0.39, 0.29) is 18.4 Å². The van der Waals surface area contributed by atoms with Crippen LogP contribution in [0.15, 0.2) is 65.9 Å². The van der Waals surface area contributed by atoms with Crippen LogP contribution in [0.3, 0.4) is 0 Å². The fourth-order valence-corrected chi connectivity index (χ4v) is 4.48. The Labute approximate surface area is 180 Å². The number of aryl methyl sites for hydroxylation is 1. The summed E-state index contributed by atoms with van der Waals surface area (Å²) < 4.78 is 1.91. The lowest BCUT2D eigenvalue weighted by molar-refractivity contribution is -0.115. The molecule has 0 amide bonds. The highest BCUT2D eigenvalue weighted by Crippen LogP contribution is 2.36. The third kappa shape index (κ3) is 3.49. The molecular formula is C25H24N4O2. The number of aliphatic hydroxyl groups is 1. The molecule has 2 N–H and O–H groups in total. The van der Waals surface area contributed by atoms with Gasteiger partial charge in [0.25, 0.3) is 0 Å². The molecule has 6 heteroatoms. The molecule has 2 aromatic heterocycles. The van der Waals surface area contributed by atoms with Crippen LogP contribution in [0.1, 0.15) is 41.0 Å². The number of benzene rings is 2. The van der Waals surface area contributed by atoms with Crippen molar-refractivity contribution >= 4 is 16.7 Å². The minimum absolute atomic E-state index is 0.0950. The Morgan fingerprint density at radius 2 is 1.97 bits per heavy atom. The molecule has 3 heterocycles. The Morgan fingerprint density at radius 1 is 1.16 bits per heavy atom. The van der Waals surface area contributed by atoms with Crippen LogP contribution in [0.25, 0.3) is 10.9 Å². The molecule has 0 spiro atoms. The van der Waals surface area contributed by atoms with Crippen LogP contribution in [-0.4, -0.2) is 30.9 Å². The predicted octanol–water partition coefficient (Wildman–Crippen LogP) is 3.83. The van der Waals surface area contributed by atoms with Gasteiger partial charge in [0.05, 0.1) is 24.0 Å². The maximum absolute atomic E-state index is 13.6.